The second-order valence-corrected chi connectivity index (χ2v) is 18.7. The lowest BCUT2D eigenvalue weighted by molar-refractivity contribution is 0.660. The highest BCUT2D eigenvalue weighted by molar-refractivity contribution is 6.18. The van der Waals surface area contributed by atoms with Crippen molar-refractivity contribution in [2.45, 2.75) is 24.7 Å². The Kier molecular flexibility index (Phi) is 7.70. The van der Waals surface area contributed by atoms with Crippen molar-refractivity contribution in [2.24, 2.45) is 0 Å². The summed E-state index contributed by atoms with van der Waals surface area (Å²) < 4.78 is 6.91. The van der Waals surface area contributed by atoms with Crippen LogP contribution in [-0.2, 0) is 10.8 Å². The van der Waals surface area contributed by atoms with Crippen LogP contribution in [0.25, 0.3) is 77.6 Å². The topological polar surface area (TPSA) is 16.4 Å². The molecule has 0 aliphatic heterocycles. The summed E-state index contributed by atoms with van der Waals surface area (Å²) >= 11 is 0. The van der Waals surface area contributed by atoms with Gasteiger partial charge in [0.25, 0.3) is 0 Å². The Balaban J connectivity index is 1.08. The molecule has 1 spiro atoms. The summed E-state index contributed by atoms with van der Waals surface area (Å²) in [7, 11) is 0. The van der Waals surface area contributed by atoms with Crippen molar-refractivity contribution in [2.75, 3.05) is 4.90 Å². The van der Waals surface area contributed by atoms with Crippen LogP contribution in [0.1, 0.15) is 47.2 Å². The number of fused-ring (bicyclic) bond motifs is 16. The monoisotopic (exact) mass is 841 g/mol. The largest absolute Gasteiger partial charge is 0.456 e. The lowest BCUT2D eigenvalue weighted by atomic mass is 9.70. The normalized spacial score (nSPS) is 14.2. The Morgan fingerprint density at radius 3 is 1.56 bits per heavy atom. The summed E-state index contributed by atoms with van der Waals surface area (Å²) in [6.07, 6.45) is 0. The molecule has 0 bridgehead atoms. The summed E-state index contributed by atoms with van der Waals surface area (Å²) in [6, 6.07) is 83.2. The molecule has 11 aromatic rings. The number of nitrogens with zero attached hydrogens (tertiary/aromatic N) is 1. The molecule has 0 radical (unpaired) electrons. The Morgan fingerprint density at radius 2 is 0.848 bits per heavy atom. The van der Waals surface area contributed by atoms with Gasteiger partial charge in [-0.15, -0.1) is 0 Å². The van der Waals surface area contributed by atoms with Crippen molar-refractivity contribution in [3.63, 3.8) is 0 Å². The van der Waals surface area contributed by atoms with Crippen molar-refractivity contribution >= 4 is 39.0 Å². The fraction of sp³-hybridized carbons (Fsp3) is 0.0625. The third-order valence-corrected chi connectivity index (χ3v) is 15.1. The van der Waals surface area contributed by atoms with Crippen LogP contribution in [0.2, 0.25) is 0 Å². The van der Waals surface area contributed by atoms with Crippen molar-refractivity contribution < 1.29 is 4.42 Å². The number of furan rings is 1. The van der Waals surface area contributed by atoms with E-state index in [1.807, 2.05) is 0 Å². The van der Waals surface area contributed by atoms with E-state index in [-0.39, 0.29) is 5.41 Å². The summed E-state index contributed by atoms with van der Waals surface area (Å²) in [4.78, 5) is 2.48. The molecule has 2 heteroatoms. The van der Waals surface area contributed by atoms with E-state index in [9.17, 15) is 0 Å². The molecule has 0 unspecified atom stereocenters. The average molecular weight is 842 g/mol. The average Bonchev–Trinajstić information content (AvgIpc) is 4.06. The van der Waals surface area contributed by atoms with E-state index in [4.69, 9.17) is 4.42 Å². The maximum Gasteiger partial charge on any atom is 0.136 e. The van der Waals surface area contributed by atoms with E-state index < -0.39 is 5.41 Å². The maximum atomic E-state index is 6.91. The Hall–Kier alpha value is -8.20. The zero-order valence-corrected chi connectivity index (χ0v) is 36.7. The van der Waals surface area contributed by atoms with Crippen molar-refractivity contribution in [3.05, 3.63) is 258 Å². The van der Waals surface area contributed by atoms with E-state index in [1.54, 1.807) is 0 Å². The molecule has 0 amide bonds. The summed E-state index contributed by atoms with van der Waals surface area (Å²) in [6.45, 7) is 4.74. The van der Waals surface area contributed by atoms with E-state index in [0.29, 0.717) is 0 Å². The van der Waals surface area contributed by atoms with Gasteiger partial charge in [-0.05, 0) is 132 Å². The first-order valence-electron chi connectivity index (χ1n) is 23.1. The number of hydrogen-bond donors (Lipinski definition) is 0. The van der Waals surface area contributed by atoms with Crippen LogP contribution in [0.4, 0.5) is 17.1 Å². The molecule has 66 heavy (non-hydrogen) atoms. The van der Waals surface area contributed by atoms with Gasteiger partial charge in [0.2, 0.25) is 0 Å². The van der Waals surface area contributed by atoms with Crippen molar-refractivity contribution in [3.8, 4) is 55.6 Å². The molecule has 1 aromatic heterocycles. The number of hydrogen-bond acceptors (Lipinski definition) is 2. The smallest absolute Gasteiger partial charge is 0.136 e. The SMILES string of the molecule is CC1(C)c2ccccc2-c2ccc(N(c3ccc(-c4ccccc4)cc3)c3ccc4c(c3)-c3c(cc5oc6ccccc6c5c3-c3ccccc3)C43c4ccccc4-c4ccccc43)cc21. The Labute approximate surface area is 384 Å². The molecule has 0 atom stereocenters. The first-order valence-corrected chi connectivity index (χ1v) is 23.1. The second-order valence-electron chi connectivity index (χ2n) is 18.7. The van der Waals surface area contributed by atoms with Crippen LogP contribution in [-0.4, -0.2) is 0 Å². The third-order valence-electron chi connectivity index (χ3n) is 15.1. The minimum absolute atomic E-state index is 0.152. The lowest BCUT2D eigenvalue weighted by Gasteiger charge is -2.31. The van der Waals surface area contributed by atoms with E-state index in [2.05, 4.69) is 243 Å². The molecule has 3 aliphatic rings. The fourth-order valence-electron chi connectivity index (χ4n) is 12.2. The minimum Gasteiger partial charge on any atom is -0.456 e. The molecule has 1 heterocycles. The highest BCUT2D eigenvalue weighted by Crippen LogP contribution is 2.66. The highest BCUT2D eigenvalue weighted by atomic mass is 16.3. The Morgan fingerprint density at radius 1 is 0.333 bits per heavy atom. The second kappa shape index (κ2) is 13.7. The van der Waals surface area contributed by atoms with E-state index in [1.165, 1.54) is 89.0 Å². The molecule has 3 aliphatic carbocycles. The molecule has 14 rings (SSSR count). The first kappa shape index (κ1) is 37.2. The fourth-order valence-corrected chi connectivity index (χ4v) is 12.2. The molecule has 310 valence electrons. The van der Waals surface area contributed by atoms with Gasteiger partial charge in [-0.3, -0.25) is 0 Å². The molecule has 2 nitrogen and oxygen atoms in total. The molecule has 0 saturated heterocycles. The zero-order valence-electron chi connectivity index (χ0n) is 36.7. The molecular formula is C64H43NO. The minimum atomic E-state index is -0.571. The number of benzene rings is 10. The molecule has 0 saturated carbocycles. The standard InChI is InChI=1S/C64H43NO/c1-63(2)52-25-13-9-21-46(52)49-35-33-45(38-56(49)63)65(43-31-29-41(30-32-43)40-17-5-3-6-18-40)44-34-36-55-51(37-44)61-57(64(55)53-26-14-10-22-47(53)48-23-11-15-27-54(48)64)39-59-62(50-24-12-16-28-58(50)66-59)60(61)42-19-7-4-8-20-42/h3-39H,1-2H3. The van der Waals surface area contributed by atoms with E-state index >= 15 is 0 Å². The summed E-state index contributed by atoms with van der Waals surface area (Å²) in [5.74, 6) is 0. The van der Waals surface area contributed by atoms with Gasteiger partial charge in [-0.25, -0.2) is 0 Å². The van der Waals surface area contributed by atoms with Crippen LogP contribution >= 0.6 is 0 Å². The van der Waals surface area contributed by atoms with E-state index in [0.717, 1.165) is 39.0 Å². The lowest BCUT2D eigenvalue weighted by Crippen LogP contribution is -2.26. The zero-order chi connectivity index (χ0) is 43.7. The third kappa shape index (κ3) is 4.96. The first-order chi connectivity index (χ1) is 32.5. The van der Waals surface area contributed by atoms with Crippen LogP contribution in [0.5, 0.6) is 0 Å². The van der Waals surface area contributed by atoms with Gasteiger partial charge in [0.05, 0.1) is 5.41 Å². The van der Waals surface area contributed by atoms with Gasteiger partial charge in [0, 0.05) is 38.8 Å². The van der Waals surface area contributed by atoms with Gasteiger partial charge < -0.3 is 9.32 Å². The van der Waals surface area contributed by atoms with Gasteiger partial charge in [0.1, 0.15) is 11.2 Å². The van der Waals surface area contributed by atoms with Gasteiger partial charge >= 0.3 is 0 Å². The molecule has 10 aromatic carbocycles. The van der Waals surface area contributed by atoms with Gasteiger partial charge in [-0.1, -0.05) is 190 Å². The van der Waals surface area contributed by atoms with Gasteiger partial charge in [-0.2, -0.15) is 0 Å². The molecule has 0 fully saturated rings. The summed E-state index contributed by atoms with van der Waals surface area (Å²) in [5, 5.41) is 2.28. The predicted molar refractivity (Wildman–Crippen MR) is 273 cm³/mol. The van der Waals surface area contributed by atoms with Crippen LogP contribution in [0.3, 0.4) is 0 Å². The molecule has 0 N–H and O–H groups in total. The van der Waals surface area contributed by atoms with Gasteiger partial charge in [0.15, 0.2) is 0 Å². The van der Waals surface area contributed by atoms with Crippen LogP contribution in [0.15, 0.2) is 229 Å². The highest BCUT2D eigenvalue weighted by Gasteiger charge is 2.53. The maximum absolute atomic E-state index is 6.91. The Bertz CT molecular complexity index is 3740. The number of anilines is 3. The predicted octanol–water partition coefficient (Wildman–Crippen LogP) is 17.0. The van der Waals surface area contributed by atoms with Crippen LogP contribution < -0.4 is 4.90 Å². The number of rotatable bonds is 5. The van der Waals surface area contributed by atoms with Crippen LogP contribution in [0, 0.1) is 0 Å². The van der Waals surface area contributed by atoms with Crippen molar-refractivity contribution in [1.82, 2.24) is 0 Å². The summed E-state index contributed by atoms with van der Waals surface area (Å²) in [5.41, 5.74) is 24.8. The number of para-hydroxylation sites is 1. The molecular weight excluding hydrogens is 799 g/mol. The van der Waals surface area contributed by atoms with Crippen molar-refractivity contribution in [1.29, 1.82) is 0 Å². The quantitative estimate of drug-likeness (QED) is 0.172.